The summed E-state index contributed by atoms with van der Waals surface area (Å²) in [6.45, 7) is 2.28. The van der Waals surface area contributed by atoms with Crippen molar-refractivity contribution >= 4 is 35.3 Å². The van der Waals surface area contributed by atoms with Gasteiger partial charge in [-0.1, -0.05) is 35.6 Å². The summed E-state index contributed by atoms with van der Waals surface area (Å²) in [6.07, 6.45) is -0.469. The number of benzene rings is 2. The first kappa shape index (κ1) is 17.6. The lowest BCUT2D eigenvalue weighted by atomic mass is 10.1. The lowest BCUT2D eigenvalue weighted by molar-refractivity contribution is 0.0939. The van der Waals surface area contributed by atoms with Crippen molar-refractivity contribution in [1.29, 1.82) is 0 Å². The smallest absolute Gasteiger partial charge is 0.267 e. The van der Waals surface area contributed by atoms with E-state index >= 15 is 0 Å². The molecule has 0 aliphatic carbocycles. The molecule has 0 saturated heterocycles. The van der Waals surface area contributed by atoms with E-state index in [2.05, 4.69) is 10.6 Å². The molecule has 8 heteroatoms. The highest BCUT2D eigenvalue weighted by atomic mass is 32.1. The number of para-hydroxylation sites is 1. The Morgan fingerprint density at radius 3 is 2.74 bits per heavy atom. The number of amides is 1. The van der Waals surface area contributed by atoms with Crippen LogP contribution in [0.3, 0.4) is 0 Å². The summed E-state index contributed by atoms with van der Waals surface area (Å²) in [4.78, 5) is 13.2. The fourth-order valence-electron chi connectivity index (χ4n) is 2.99. The summed E-state index contributed by atoms with van der Waals surface area (Å²) < 4.78 is 7.91. The topological polar surface area (TPSA) is 75.5 Å². The van der Waals surface area contributed by atoms with Crippen molar-refractivity contribution in [3.8, 4) is 17.2 Å². The molecule has 3 aromatic rings. The van der Waals surface area contributed by atoms with Gasteiger partial charge in [0.15, 0.2) is 15.5 Å². The molecular weight excluding hydrogens is 382 g/mol. The van der Waals surface area contributed by atoms with E-state index in [1.165, 1.54) is 11.3 Å². The molecule has 1 aliphatic heterocycles. The number of thiazole rings is 1. The quantitative estimate of drug-likeness (QED) is 0.573. The first-order valence-electron chi connectivity index (χ1n) is 8.43. The first-order valence-corrected chi connectivity index (χ1v) is 9.65. The molecule has 0 radical (unpaired) electrons. The average Bonchev–Trinajstić information content (AvgIpc) is 3.01. The van der Waals surface area contributed by atoms with Gasteiger partial charge in [0.25, 0.3) is 5.91 Å². The molecule has 1 aromatic heterocycles. The third kappa shape index (κ3) is 3.17. The van der Waals surface area contributed by atoms with Gasteiger partial charge >= 0.3 is 0 Å². The maximum Gasteiger partial charge on any atom is 0.267 e. The standard InChI is InChI=1S/C19H17N3O3S2/c1-2-25-14-10-11(8-9-13(14)23)16-20-17-15(18(24)21-16)27-19(26)22(17)12-6-4-3-5-7-12/h3-10,16,20,23H,2H2,1H3,(H,21,24)/t16-/m1/s1. The maximum atomic E-state index is 12.7. The van der Waals surface area contributed by atoms with Crippen molar-refractivity contribution in [2.75, 3.05) is 11.9 Å². The Bertz CT molecular complexity index is 1060. The number of rotatable bonds is 4. The predicted molar refractivity (Wildman–Crippen MR) is 108 cm³/mol. The molecule has 27 heavy (non-hydrogen) atoms. The minimum Gasteiger partial charge on any atom is -0.504 e. The number of anilines is 1. The molecule has 0 bridgehead atoms. The van der Waals surface area contributed by atoms with Crippen molar-refractivity contribution in [2.24, 2.45) is 0 Å². The second-order valence-electron chi connectivity index (χ2n) is 5.93. The largest absolute Gasteiger partial charge is 0.504 e. The average molecular weight is 399 g/mol. The van der Waals surface area contributed by atoms with E-state index in [9.17, 15) is 9.90 Å². The number of nitrogens with zero attached hydrogens (tertiary/aromatic N) is 1. The Kier molecular flexibility index (Phi) is 4.59. The molecule has 1 atom stereocenters. The normalized spacial score (nSPS) is 15.6. The van der Waals surface area contributed by atoms with Crippen LogP contribution in [0.1, 0.15) is 28.3 Å². The first-order chi connectivity index (χ1) is 13.1. The van der Waals surface area contributed by atoms with E-state index < -0.39 is 6.17 Å². The second-order valence-corrected chi connectivity index (χ2v) is 7.57. The number of hydrogen-bond acceptors (Lipinski definition) is 6. The van der Waals surface area contributed by atoms with Gasteiger partial charge in [-0.25, -0.2) is 0 Å². The van der Waals surface area contributed by atoms with Crippen molar-refractivity contribution < 1.29 is 14.6 Å². The van der Waals surface area contributed by atoms with Crippen LogP contribution in [0, 0.1) is 3.95 Å². The van der Waals surface area contributed by atoms with Gasteiger partial charge in [0.05, 0.1) is 6.61 Å². The molecule has 1 aliphatic rings. The van der Waals surface area contributed by atoms with Gasteiger partial charge in [0.2, 0.25) is 0 Å². The molecule has 0 fully saturated rings. The highest BCUT2D eigenvalue weighted by molar-refractivity contribution is 7.73. The third-order valence-electron chi connectivity index (χ3n) is 4.20. The summed E-state index contributed by atoms with van der Waals surface area (Å²) in [7, 11) is 0. The molecule has 138 valence electrons. The molecule has 6 nitrogen and oxygen atoms in total. The fourth-order valence-corrected chi connectivity index (χ4v) is 4.29. The number of ether oxygens (including phenoxy) is 1. The Morgan fingerprint density at radius 2 is 2.00 bits per heavy atom. The van der Waals surface area contributed by atoms with Crippen LogP contribution < -0.4 is 15.4 Å². The van der Waals surface area contributed by atoms with E-state index in [-0.39, 0.29) is 11.7 Å². The Hall–Kier alpha value is -2.84. The zero-order valence-electron chi connectivity index (χ0n) is 14.4. The molecule has 0 unspecified atom stereocenters. The zero-order chi connectivity index (χ0) is 19.0. The Balaban J connectivity index is 1.76. The van der Waals surface area contributed by atoms with Gasteiger partial charge in [0.1, 0.15) is 16.9 Å². The van der Waals surface area contributed by atoms with Crippen LogP contribution in [0.2, 0.25) is 0 Å². The molecule has 0 spiro atoms. The number of hydrogen-bond donors (Lipinski definition) is 3. The van der Waals surface area contributed by atoms with E-state index in [0.29, 0.717) is 27.0 Å². The number of carbonyl (C=O) groups excluding carboxylic acids is 1. The summed E-state index contributed by atoms with van der Waals surface area (Å²) in [5.41, 5.74) is 1.66. The number of nitrogens with one attached hydrogen (secondary N) is 2. The van der Waals surface area contributed by atoms with Gasteiger partial charge in [-0.3, -0.25) is 9.36 Å². The fraction of sp³-hybridized carbons (Fsp3) is 0.158. The number of aromatic nitrogens is 1. The van der Waals surface area contributed by atoms with Crippen molar-refractivity contribution in [1.82, 2.24) is 9.88 Å². The van der Waals surface area contributed by atoms with Gasteiger partial charge < -0.3 is 20.5 Å². The van der Waals surface area contributed by atoms with E-state index in [1.807, 2.05) is 41.8 Å². The molecule has 4 rings (SSSR count). The number of fused-ring (bicyclic) bond motifs is 1. The number of carbonyl (C=O) groups is 1. The highest BCUT2D eigenvalue weighted by Crippen LogP contribution is 2.36. The predicted octanol–water partition coefficient (Wildman–Crippen LogP) is 4.23. The van der Waals surface area contributed by atoms with Crippen LogP contribution in [-0.2, 0) is 0 Å². The van der Waals surface area contributed by atoms with E-state index in [4.69, 9.17) is 17.0 Å². The summed E-state index contributed by atoms with van der Waals surface area (Å²) in [5, 5.41) is 16.2. The van der Waals surface area contributed by atoms with Crippen LogP contribution in [0.4, 0.5) is 5.82 Å². The lowest BCUT2D eigenvalue weighted by Gasteiger charge is -2.27. The summed E-state index contributed by atoms with van der Waals surface area (Å²) >= 11 is 6.76. The van der Waals surface area contributed by atoms with Crippen LogP contribution in [0.5, 0.6) is 11.5 Å². The molecule has 2 heterocycles. The van der Waals surface area contributed by atoms with Crippen LogP contribution in [-0.4, -0.2) is 22.2 Å². The molecule has 0 saturated carbocycles. The van der Waals surface area contributed by atoms with Gasteiger partial charge in [0, 0.05) is 5.69 Å². The number of phenolic OH excluding ortho intramolecular Hbond substituents is 1. The zero-order valence-corrected chi connectivity index (χ0v) is 16.1. The highest BCUT2D eigenvalue weighted by Gasteiger charge is 2.30. The lowest BCUT2D eigenvalue weighted by Crippen LogP contribution is -2.38. The van der Waals surface area contributed by atoms with Crippen molar-refractivity contribution in [3.63, 3.8) is 0 Å². The third-order valence-corrected chi connectivity index (χ3v) is 5.58. The Labute approximate surface area is 165 Å². The van der Waals surface area contributed by atoms with E-state index in [1.54, 1.807) is 18.2 Å². The van der Waals surface area contributed by atoms with Crippen molar-refractivity contribution in [2.45, 2.75) is 13.1 Å². The maximum absolute atomic E-state index is 12.7. The molecule has 2 aromatic carbocycles. The van der Waals surface area contributed by atoms with E-state index in [0.717, 1.165) is 11.3 Å². The second kappa shape index (κ2) is 7.05. The SMILES string of the molecule is CCOc1cc([C@H]2NC(=O)c3sc(=S)n(-c4ccccc4)c3N2)ccc1O. The molecule has 1 amide bonds. The Morgan fingerprint density at radius 1 is 1.22 bits per heavy atom. The van der Waals surface area contributed by atoms with Crippen LogP contribution in [0.25, 0.3) is 5.69 Å². The molecular formula is C19H17N3O3S2. The minimum atomic E-state index is -0.469. The summed E-state index contributed by atoms with van der Waals surface area (Å²) in [6, 6.07) is 14.7. The number of phenols is 1. The van der Waals surface area contributed by atoms with Crippen LogP contribution in [0.15, 0.2) is 48.5 Å². The monoisotopic (exact) mass is 399 g/mol. The van der Waals surface area contributed by atoms with Gasteiger partial charge in [-0.15, -0.1) is 0 Å². The van der Waals surface area contributed by atoms with Crippen molar-refractivity contribution in [3.05, 3.63) is 62.9 Å². The molecule has 3 N–H and O–H groups in total. The van der Waals surface area contributed by atoms with Crippen LogP contribution >= 0.6 is 23.6 Å². The minimum absolute atomic E-state index is 0.0613. The van der Waals surface area contributed by atoms with Gasteiger partial charge in [-0.05, 0) is 49.0 Å². The summed E-state index contributed by atoms with van der Waals surface area (Å²) in [5.74, 6) is 0.912. The number of aromatic hydroxyl groups is 1. The van der Waals surface area contributed by atoms with Gasteiger partial charge in [-0.2, -0.15) is 0 Å².